The first-order chi connectivity index (χ1) is 11.1. The van der Waals surface area contributed by atoms with Crippen LogP contribution in [0.4, 0.5) is 0 Å². The molecule has 4 fully saturated rings. The van der Waals surface area contributed by atoms with E-state index in [1.807, 2.05) is 6.26 Å². The zero-order valence-electron chi connectivity index (χ0n) is 13.7. The fourth-order valence-corrected chi connectivity index (χ4v) is 5.58. The number of thioether (sulfide) groups is 1. The summed E-state index contributed by atoms with van der Waals surface area (Å²) in [7, 11) is 0. The summed E-state index contributed by atoms with van der Waals surface area (Å²) in [6.45, 7) is 0. The van der Waals surface area contributed by atoms with Crippen molar-refractivity contribution >= 4 is 17.7 Å². The van der Waals surface area contributed by atoms with Crippen LogP contribution in [0, 0.1) is 17.8 Å². The van der Waals surface area contributed by atoms with Crippen LogP contribution in [0.5, 0.6) is 0 Å². The summed E-state index contributed by atoms with van der Waals surface area (Å²) in [5, 5.41) is 0. The quantitative estimate of drug-likeness (QED) is 0.625. The predicted molar refractivity (Wildman–Crippen MR) is 87.7 cm³/mol. The molecule has 4 rings (SSSR count). The molecule has 0 aromatic heterocycles. The van der Waals surface area contributed by atoms with Gasteiger partial charge in [0.05, 0.1) is 12.2 Å². The zero-order chi connectivity index (χ0) is 16.0. The summed E-state index contributed by atoms with van der Waals surface area (Å²) in [6, 6.07) is 0. The number of hydrogen-bond donors (Lipinski definition) is 1. The van der Waals surface area contributed by atoms with E-state index in [1.54, 1.807) is 11.8 Å². The van der Waals surface area contributed by atoms with Crippen molar-refractivity contribution in [2.24, 2.45) is 23.5 Å². The number of fused-ring (bicyclic) bond motifs is 2. The molecule has 23 heavy (non-hydrogen) atoms. The van der Waals surface area contributed by atoms with E-state index in [1.165, 1.54) is 19.3 Å². The second kappa shape index (κ2) is 6.21. The highest BCUT2D eigenvalue weighted by atomic mass is 32.2. The lowest BCUT2D eigenvalue weighted by Gasteiger charge is -2.47. The summed E-state index contributed by atoms with van der Waals surface area (Å²) in [6.07, 6.45) is 10.5. The van der Waals surface area contributed by atoms with Crippen molar-refractivity contribution in [1.82, 2.24) is 0 Å². The molecule has 2 saturated heterocycles. The van der Waals surface area contributed by atoms with Gasteiger partial charge in [-0.25, -0.2) is 4.79 Å². The maximum Gasteiger partial charge on any atom is 0.362 e. The molecule has 4 aliphatic rings. The van der Waals surface area contributed by atoms with Crippen molar-refractivity contribution in [3.63, 3.8) is 0 Å². The second-order valence-corrected chi connectivity index (χ2v) is 8.74. The Labute approximate surface area is 141 Å². The number of ether oxygens (including phenoxy) is 1. The van der Waals surface area contributed by atoms with Crippen molar-refractivity contribution in [3.05, 3.63) is 0 Å². The van der Waals surface area contributed by atoms with Crippen LogP contribution < -0.4 is 5.73 Å². The van der Waals surface area contributed by atoms with Crippen LogP contribution in [0.3, 0.4) is 0 Å². The van der Waals surface area contributed by atoms with Gasteiger partial charge >= 0.3 is 5.97 Å². The lowest BCUT2D eigenvalue weighted by Crippen LogP contribution is -2.63. The molecule has 7 unspecified atom stereocenters. The van der Waals surface area contributed by atoms with Gasteiger partial charge in [-0.2, -0.15) is 16.6 Å². The molecule has 2 aliphatic heterocycles. The second-order valence-electron chi connectivity index (χ2n) is 7.75. The Balaban J connectivity index is 1.42. The third-order valence-electron chi connectivity index (χ3n) is 6.55. The fourth-order valence-electron chi connectivity index (χ4n) is 5.04. The van der Waals surface area contributed by atoms with Gasteiger partial charge in [-0.15, -0.1) is 0 Å². The smallest absolute Gasteiger partial charge is 0.362 e. The van der Waals surface area contributed by atoms with Gasteiger partial charge in [0.15, 0.2) is 0 Å². The Bertz CT molecular complexity index is 476. The molecule has 0 spiro atoms. The first-order valence-electron chi connectivity index (χ1n) is 8.93. The van der Waals surface area contributed by atoms with Crippen molar-refractivity contribution in [2.75, 3.05) is 12.0 Å². The fraction of sp³-hybridized carbons (Fsp3) is 0.941. The average Bonchev–Trinajstić information content (AvgIpc) is 3.35. The molecule has 130 valence electrons. The molecule has 2 N–H and O–H groups in total. The lowest BCUT2D eigenvalue weighted by atomic mass is 9.64. The lowest BCUT2D eigenvalue weighted by molar-refractivity contribution is -0.343. The van der Waals surface area contributed by atoms with E-state index >= 15 is 0 Å². The van der Waals surface area contributed by atoms with Crippen LogP contribution in [0.25, 0.3) is 0 Å². The third kappa shape index (κ3) is 2.92. The summed E-state index contributed by atoms with van der Waals surface area (Å²) >= 11 is 1.72. The van der Waals surface area contributed by atoms with Gasteiger partial charge in [-0.1, -0.05) is 0 Å². The van der Waals surface area contributed by atoms with Crippen LogP contribution >= 0.6 is 11.8 Å². The topological polar surface area (TPSA) is 74.1 Å². The molecule has 0 aromatic rings. The molecule has 5 nitrogen and oxygen atoms in total. The van der Waals surface area contributed by atoms with Gasteiger partial charge in [0.1, 0.15) is 11.6 Å². The third-order valence-corrected chi connectivity index (χ3v) is 7.16. The van der Waals surface area contributed by atoms with Crippen molar-refractivity contribution < 1.29 is 19.3 Å². The molecule has 2 aliphatic carbocycles. The minimum atomic E-state index is -0.867. The molecule has 0 bridgehead atoms. The summed E-state index contributed by atoms with van der Waals surface area (Å²) in [5.41, 5.74) is 5.64. The van der Waals surface area contributed by atoms with Gasteiger partial charge in [0.2, 0.25) is 0 Å². The maximum absolute atomic E-state index is 12.2. The molecular formula is C17H27NO4S. The van der Waals surface area contributed by atoms with Crippen LogP contribution in [0.2, 0.25) is 0 Å². The van der Waals surface area contributed by atoms with Crippen LogP contribution in [-0.2, 0) is 19.3 Å². The Hall–Kier alpha value is -0.300. The number of carbonyl (C=O) groups excluding carboxylic acids is 1. The molecule has 2 heterocycles. The van der Waals surface area contributed by atoms with Crippen LogP contribution in [0.1, 0.15) is 44.9 Å². The van der Waals surface area contributed by atoms with E-state index in [9.17, 15) is 4.79 Å². The number of rotatable bonds is 4. The van der Waals surface area contributed by atoms with Crippen molar-refractivity contribution in [1.29, 1.82) is 0 Å². The van der Waals surface area contributed by atoms with Crippen molar-refractivity contribution in [2.45, 2.75) is 68.8 Å². The molecule has 2 saturated carbocycles. The highest BCUT2D eigenvalue weighted by Crippen LogP contribution is 2.49. The zero-order valence-corrected chi connectivity index (χ0v) is 14.6. The Morgan fingerprint density at radius 2 is 1.87 bits per heavy atom. The maximum atomic E-state index is 12.2. The van der Waals surface area contributed by atoms with E-state index in [0.29, 0.717) is 24.5 Å². The monoisotopic (exact) mass is 341 g/mol. The summed E-state index contributed by atoms with van der Waals surface area (Å²) in [5.74, 6) is 1.99. The van der Waals surface area contributed by atoms with Gasteiger partial charge in [-0.3, -0.25) is 4.89 Å². The Morgan fingerprint density at radius 3 is 2.61 bits per heavy atom. The van der Waals surface area contributed by atoms with Crippen LogP contribution in [0.15, 0.2) is 0 Å². The summed E-state index contributed by atoms with van der Waals surface area (Å²) < 4.78 is 5.67. The van der Waals surface area contributed by atoms with E-state index < -0.39 is 5.54 Å². The normalized spacial score (nSPS) is 49.0. The first kappa shape index (κ1) is 16.2. The number of hydrogen-bond acceptors (Lipinski definition) is 6. The van der Waals surface area contributed by atoms with E-state index in [0.717, 1.165) is 30.9 Å². The van der Waals surface area contributed by atoms with E-state index in [-0.39, 0.29) is 18.0 Å². The molecule has 7 atom stereocenters. The minimum Gasteiger partial charge on any atom is -0.370 e. The number of epoxide rings is 1. The van der Waals surface area contributed by atoms with Gasteiger partial charge in [-0.05, 0) is 68.8 Å². The highest BCUT2D eigenvalue weighted by Gasteiger charge is 2.55. The van der Waals surface area contributed by atoms with E-state index in [2.05, 4.69) is 0 Å². The van der Waals surface area contributed by atoms with Gasteiger partial charge in [0.25, 0.3) is 0 Å². The van der Waals surface area contributed by atoms with E-state index in [4.69, 9.17) is 20.2 Å². The van der Waals surface area contributed by atoms with Gasteiger partial charge < -0.3 is 10.5 Å². The number of carbonyl (C=O) groups is 1. The van der Waals surface area contributed by atoms with Gasteiger partial charge in [0, 0.05) is 5.92 Å². The SMILES string of the molecule is CSCCC1(N)C(=O)OOC2CC(C3CCC4OC4C3)CCC21. The van der Waals surface area contributed by atoms with Crippen LogP contribution in [-0.4, -0.2) is 41.8 Å². The minimum absolute atomic E-state index is 0.0313. The Morgan fingerprint density at radius 1 is 1.13 bits per heavy atom. The van der Waals surface area contributed by atoms with Crippen molar-refractivity contribution in [3.8, 4) is 0 Å². The number of nitrogens with two attached hydrogens (primary N) is 1. The molecular weight excluding hydrogens is 314 g/mol. The molecule has 0 aromatic carbocycles. The largest absolute Gasteiger partial charge is 0.370 e. The molecule has 0 amide bonds. The Kier molecular flexibility index (Phi) is 4.37. The summed E-state index contributed by atoms with van der Waals surface area (Å²) in [4.78, 5) is 22.7. The molecule has 6 heteroatoms. The predicted octanol–water partition coefficient (Wildman–Crippen LogP) is 2.28. The highest BCUT2D eigenvalue weighted by molar-refractivity contribution is 7.98. The molecule has 0 radical (unpaired) electrons. The first-order valence-corrected chi connectivity index (χ1v) is 10.3. The average molecular weight is 341 g/mol. The standard InChI is InChI=1S/C17H27NO4S/c1-23-7-6-17(18)12-4-2-10(8-14(12)21-22-16(17)19)11-3-5-13-15(9-11)20-13/h10-15H,2-9,18H2,1H3.